The molecule has 1 spiro atoms. The van der Waals surface area contributed by atoms with Crippen molar-refractivity contribution in [2.75, 3.05) is 0 Å². The zero-order valence-corrected chi connectivity index (χ0v) is 8.99. The molecule has 0 N–H and O–H groups in total. The van der Waals surface area contributed by atoms with Crippen LogP contribution in [0.4, 0.5) is 0 Å². The number of hydrogen-bond donors (Lipinski definition) is 0. The van der Waals surface area contributed by atoms with E-state index in [1.165, 1.54) is 11.1 Å². The van der Waals surface area contributed by atoms with Gasteiger partial charge in [0, 0.05) is 12.8 Å². The van der Waals surface area contributed by atoms with E-state index < -0.39 is 0 Å². The maximum atomic E-state index is 5.64. The van der Waals surface area contributed by atoms with Crippen LogP contribution in [0.3, 0.4) is 0 Å². The zero-order valence-electron chi connectivity index (χ0n) is 8.99. The Balaban J connectivity index is 1.90. The van der Waals surface area contributed by atoms with Crippen LogP contribution in [-0.4, -0.2) is 11.3 Å². The van der Waals surface area contributed by atoms with E-state index in [9.17, 15) is 0 Å². The first-order valence-corrected chi connectivity index (χ1v) is 5.56. The molecule has 1 aromatic rings. The Morgan fingerprint density at radius 2 is 2.00 bits per heavy atom. The summed E-state index contributed by atoms with van der Waals surface area (Å²) in [5, 5.41) is 4.10. The molecular weight excluding hydrogens is 186 g/mol. The van der Waals surface area contributed by atoms with Crippen molar-refractivity contribution in [2.45, 2.75) is 38.2 Å². The molecule has 1 aromatic carbocycles. The van der Waals surface area contributed by atoms with Crippen molar-refractivity contribution in [3.8, 4) is 0 Å². The normalized spacial score (nSPS) is 28.5. The second kappa shape index (κ2) is 3.09. The minimum atomic E-state index is -0.0154. The van der Waals surface area contributed by atoms with Crippen LogP contribution >= 0.6 is 0 Å². The summed E-state index contributed by atoms with van der Waals surface area (Å²) in [6, 6.07) is 8.67. The fourth-order valence-electron chi connectivity index (χ4n) is 2.71. The molecule has 0 bridgehead atoms. The highest BCUT2D eigenvalue weighted by molar-refractivity contribution is 5.83. The number of nitrogens with zero attached hydrogens (tertiary/aromatic N) is 1. The predicted molar refractivity (Wildman–Crippen MR) is 60.0 cm³/mol. The van der Waals surface area contributed by atoms with Crippen LogP contribution in [0.2, 0.25) is 0 Å². The summed E-state index contributed by atoms with van der Waals surface area (Å²) in [6.07, 6.45) is 4.25. The smallest absolute Gasteiger partial charge is 0.147 e. The van der Waals surface area contributed by atoms with Gasteiger partial charge in [-0.25, -0.2) is 0 Å². The molecule has 1 heterocycles. The molecule has 0 radical (unpaired) electrons. The van der Waals surface area contributed by atoms with Gasteiger partial charge in [-0.15, -0.1) is 0 Å². The van der Waals surface area contributed by atoms with Gasteiger partial charge in [0.05, 0.1) is 5.71 Å². The minimum Gasteiger partial charge on any atom is -0.389 e. The van der Waals surface area contributed by atoms with Crippen molar-refractivity contribution in [1.29, 1.82) is 0 Å². The Hall–Kier alpha value is -1.31. The molecule has 1 atom stereocenters. The topological polar surface area (TPSA) is 21.6 Å². The van der Waals surface area contributed by atoms with Crippen molar-refractivity contribution < 1.29 is 4.84 Å². The first-order valence-electron chi connectivity index (χ1n) is 5.56. The van der Waals surface area contributed by atoms with E-state index in [0.717, 1.165) is 31.4 Å². The van der Waals surface area contributed by atoms with E-state index in [-0.39, 0.29) is 5.60 Å². The number of fused-ring (bicyclic) bond motifs is 1. The summed E-state index contributed by atoms with van der Waals surface area (Å²) >= 11 is 0. The molecule has 2 aliphatic rings. The van der Waals surface area contributed by atoms with Gasteiger partial charge in [-0.1, -0.05) is 29.4 Å². The fourth-order valence-corrected chi connectivity index (χ4v) is 2.71. The zero-order chi connectivity index (χ0) is 10.3. The van der Waals surface area contributed by atoms with Gasteiger partial charge in [0.25, 0.3) is 0 Å². The molecule has 1 aliphatic heterocycles. The lowest BCUT2D eigenvalue weighted by Crippen LogP contribution is -2.35. The van der Waals surface area contributed by atoms with Gasteiger partial charge in [-0.2, -0.15) is 0 Å². The molecule has 0 saturated heterocycles. The third-order valence-corrected chi connectivity index (χ3v) is 3.45. The first-order chi connectivity index (χ1) is 7.27. The lowest BCUT2D eigenvalue weighted by atomic mass is 9.78. The lowest BCUT2D eigenvalue weighted by Gasteiger charge is -2.32. The summed E-state index contributed by atoms with van der Waals surface area (Å²) in [7, 11) is 0. The van der Waals surface area contributed by atoms with Crippen molar-refractivity contribution in [2.24, 2.45) is 5.16 Å². The van der Waals surface area contributed by atoms with Crippen LogP contribution in [0.25, 0.3) is 0 Å². The van der Waals surface area contributed by atoms with E-state index in [1.807, 2.05) is 0 Å². The minimum absolute atomic E-state index is 0.0154. The van der Waals surface area contributed by atoms with Gasteiger partial charge in [0.2, 0.25) is 0 Å². The summed E-state index contributed by atoms with van der Waals surface area (Å²) < 4.78 is 0. The number of rotatable bonds is 0. The molecule has 0 fully saturated rings. The monoisotopic (exact) mass is 201 g/mol. The summed E-state index contributed by atoms with van der Waals surface area (Å²) in [5.74, 6) is 0. The standard InChI is InChI=1S/C13H15NO/c1-10-8-13(15-14-10)7-6-11-4-2-3-5-12(11)9-13/h2-5H,6-9H2,1H3/t13-/m1/s1. The van der Waals surface area contributed by atoms with Crippen molar-refractivity contribution >= 4 is 5.71 Å². The molecule has 2 nitrogen and oxygen atoms in total. The van der Waals surface area contributed by atoms with Gasteiger partial charge in [0.15, 0.2) is 0 Å². The molecule has 2 heteroatoms. The quantitative estimate of drug-likeness (QED) is 0.632. The van der Waals surface area contributed by atoms with E-state index in [1.54, 1.807) is 0 Å². The molecule has 1 aliphatic carbocycles. The van der Waals surface area contributed by atoms with Crippen molar-refractivity contribution in [3.63, 3.8) is 0 Å². The highest BCUT2D eigenvalue weighted by atomic mass is 16.7. The van der Waals surface area contributed by atoms with Crippen LogP contribution in [0.1, 0.15) is 30.9 Å². The number of benzene rings is 1. The molecule has 15 heavy (non-hydrogen) atoms. The molecule has 78 valence electrons. The van der Waals surface area contributed by atoms with Crippen LogP contribution < -0.4 is 0 Å². The number of hydrogen-bond acceptors (Lipinski definition) is 2. The molecule has 0 unspecified atom stereocenters. The SMILES string of the molecule is CC1=NO[C@]2(CCc3ccccc3C2)C1. The van der Waals surface area contributed by atoms with Gasteiger partial charge in [0.1, 0.15) is 5.60 Å². The molecular formula is C13H15NO. The molecule has 0 aromatic heterocycles. The summed E-state index contributed by atoms with van der Waals surface area (Å²) in [4.78, 5) is 5.64. The van der Waals surface area contributed by atoms with E-state index >= 15 is 0 Å². The maximum absolute atomic E-state index is 5.64. The second-order valence-electron chi connectivity index (χ2n) is 4.72. The van der Waals surface area contributed by atoms with Crippen molar-refractivity contribution in [1.82, 2.24) is 0 Å². The van der Waals surface area contributed by atoms with Gasteiger partial charge in [-0.3, -0.25) is 0 Å². The number of aryl methyl sites for hydroxylation is 1. The molecule has 3 rings (SSSR count). The average molecular weight is 201 g/mol. The third-order valence-electron chi connectivity index (χ3n) is 3.45. The van der Waals surface area contributed by atoms with Crippen LogP contribution in [0.15, 0.2) is 29.4 Å². The lowest BCUT2D eigenvalue weighted by molar-refractivity contribution is -0.0286. The molecule has 0 amide bonds. The second-order valence-corrected chi connectivity index (χ2v) is 4.72. The Bertz CT molecular complexity index is 424. The molecule has 0 saturated carbocycles. The van der Waals surface area contributed by atoms with Crippen LogP contribution in [0, 0.1) is 0 Å². The predicted octanol–water partition coefficient (Wildman–Crippen LogP) is 2.71. The average Bonchev–Trinajstić information content (AvgIpc) is 2.60. The Labute approximate surface area is 89.9 Å². The Morgan fingerprint density at radius 3 is 2.73 bits per heavy atom. The highest BCUT2D eigenvalue weighted by Crippen LogP contribution is 2.37. The Morgan fingerprint density at radius 1 is 1.20 bits per heavy atom. The largest absolute Gasteiger partial charge is 0.389 e. The van der Waals surface area contributed by atoms with Crippen molar-refractivity contribution in [3.05, 3.63) is 35.4 Å². The van der Waals surface area contributed by atoms with E-state index in [2.05, 4.69) is 36.3 Å². The van der Waals surface area contributed by atoms with Gasteiger partial charge >= 0.3 is 0 Å². The van der Waals surface area contributed by atoms with Crippen LogP contribution in [-0.2, 0) is 17.7 Å². The van der Waals surface area contributed by atoms with Crippen LogP contribution in [0.5, 0.6) is 0 Å². The first kappa shape index (κ1) is 8.96. The van der Waals surface area contributed by atoms with E-state index in [0.29, 0.717) is 0 Å². The number of oxime groups is 1. The van der Waals surface area contributed by atoms with Gasteiger partial charge in [-0.05, 0) is 30.9 Å². The van der Waals surface area contributed by atoms with Gasteiger partial charge < -0.3 is 4.84 Å². The highest BCUT2D eigenvalue weighted by Gasteiger charge is 2.40. The van der Waals surface area contributed by atoms with E-state index in [4.69, 9.17) is 4.84 Å². The summed E-state index contributed by atoms with van der Waals surface area (Å²) in [5.41, 5.74) is 4.04. The Kier molecular flexibility index (Phi) is 1.84. The summed E-state index contributed by atoms with van der Waals surface area (Å²) in [6.45, 7) is 2.05. The third kappa shape index (κ3) is 1.44. The fraction of sp³-hybridized carbons (Fsp3) is 0.462. The maximum Gasteiger partial charge on any atom is 0.147 e.